The van der Waals surface area contributed by atoms with Crippen molar-refractivity contribution in [3.8, 4) is 11.5 Å². The average molecular weight is 202 g/mol. The van der Waals surface area contributed by atoms with Gasteiger partial charge in [-0.05, 0) is 12.1 Å². The van der Waals surface area contributed by atoms with Crippen LogP contribution in [0.1, 0.15) is 0 Å². The Labute approximate surface area is 81.1 Å². The fourth-order valence-electron chi connectivity index (χ4n) is 0.850. The SMILES string of the molecule is COc1ccc(SS)c(OC)c1. The summed E-state index contributed by atoms with van der Waals surface area (Å²) in [5, 5.41) is 0. The topological polar surface area (TPSA) is 18.5 Å². The van der Waals surface area contributed by atoms with Crippen LogP contribution >= 0.6 is 22.5 Å². The van der Waals surface area contributed by atoms with Crippen LogP contribution in [0, 0.1) is 0 Å². The van der Waals surface area contributed by atoms with Crippen molar-refractivity contribution in [3.05, 3.63) is 18.2 Å². The van der Waals surface area contributed by atoms with Gasteiger partial charge in [-0.25, -0.2) is 0 Å². The third-order valence-corrected chi connectivity index (χ3v) is 2.59. The van der Waals surface area contributed by atoms with Crippen molar-refractivity contribution in [3.63, 3.8) is 0 Å². The fourth-order valence-corrected chi connectivity index (χ4v) is 1.66. The summed E-state index contributed by atoms with van der Waals surface area (Å²) in [6, 6.07) is 5.62. The van der Waals surface area contributed by atoms with Crippen LogP contribution < -0.4 is 9.47 Å². The van der Waals surface area contributed by atoms with E-state index in [4.69, 9.17) is 9.47 Å². The van der Waals surface area contributed by atoms with Crippen molar-refractivity contribution in [2.45, 2.75) is 4.90 Å². The van der Waals surface area contributed by atoms with Crippen molar-refractivity contribution in [1.82, 2.24) is 0 Å². The zero-order chi connectivity index (χ0) is 8.97. The molecule has 1 aromatic carbocycles. The van der Waals surface area contributed by atoms with Gasteiger partial charge in [0.25, 0.3) is 0 Å². The Kier molecular flexibility index (Phi) is 3.62. The average Bonchev–Trinajstić information content (AvgIpc) is 2.16. The molecular formula is C8H10O2S2. The summed E-state index contributed by atoms with van der Waals surface area (Å²) < 4.78 is 10.2. The van der Waals surface area contributed by atoms with Crippen LogP contribution in [0.25, 0.3) is 0 Å². The molecule has 4 heteroatoms. The Morgan fingerprint density at radius 3 is 2.50 bits per heavy atom. The van der Waals surface area contributed by atoms with E-state index in [0.29, 0.717) is 0 Å². The molecule has 1 rings (SSSR count). The van der Waals surface area contributed by atoms with Crippen LogP contribution in [0.15, 0.2) is 23.1 Å². The molecule has 0 unspecified atom stereocenters. The molecule has 0 aliphatic rings. The summed E-state index contributed by atoms with van der Waals surface area (Å²) in [6.45, 7) is 0. The first-order chi connectivity index (χ1) is 5.81. The van der Waals surface area contributed by atoms with Crippen molar-refractivity contribution < 1.29 is 9.47 Å². The van der Waals surface area contributed by atoms with Crippen molar-refractivity contribution in [1.29, 1.82) is 0 Å². The Bertz CT molecular complexity index is 263. The van der Waals surface area contributed by atoms with Gasteiger partial charge in [0.1, 0.15) is 11.5 Å². The van der Waals surface area contributed by atoms with E-state index >= 15 is 0 Å². The van der Waals surface area contributed by atoms with E-state index in [2.05, 4.69) is 11.7 Å². The standard InChI is InChI=1S/C8H10O2S2/c1-9-6-3-4-8(12-11)7(5-6)10-2/h3-5,11H,1-2H3. The maximum Gasteiger partial charge on any atom is 0.136 e. The molecule has 0 aliphatic heterocycles. The molecule has 0 heterocycles. The van der Waals surface area contributed by atoms with Gasteiger partial charge in [-0.2, -0.15) is 0 Å². The van der Waals surface area contributed by atoms with Gasteiger partial charge in [-0.3, -0.25) is 0 Å². The second kappa shape index (κ2) is 4.52. The highest BCUT2D eigenvalue weighted by atomic mass is 33.1. The maximum atomic E-state index is 5.13. The van der Waals surface area contributed by atoms with E-state index in [1.54, 1.807) is 14.2 Å². The molecule has 0 amide bonds. The van der Waals surface area contributed by atoms with Gasteiger partial charge in [-0.15, -0.1) is 11.7 Å². The third-order valence-electron chi connectivity index (χ3n) is 1.47. The summed E-state index contributed by atoms with van der Waals surface area (Å²) in [4.78, 5) is 0.988. The lowest BCUT2D eigenvalue weighted by Crippen LogP contribution is -1.87. The van der Waals surface area contributed by atoms with Crippen molar-refractivity contribution in [2.75, 3.05) is 14.2 Å². The molecule has 0 saturated carbocycles. The van der Waals surface area contributed by atoms with Crippen LogP contribution in [0.2, 0.25) is 0 Å². The Morgan fingerprint density at radius 1 is 1.25 bits per heavy atom. The Balaban J connectivity index is 3.02. The Hall–Kier alpha value is -0.480. The zero-order valence-electron chi connectivity index (χ0n) is 6.90. The molecule has 0 saturated heterocycles. The van der Waals surface area contributed by atoms with Gasteiger partial charge < -0.3 is 9.47 Å². The number of thiol groups is 1. The lowest BCUT2D eigenvalue weighted by molar-refractivity contribution is 0.387. The third kappa shape index (κ3) is 2.01. The number of rotatable bonds is 3. The largest absolute Gasteiger partial charge is 0.497 e. The van der Waals surface area contributed by atoms with E-state index in [-0.39, 0.29) is 0 Å². The number of hydrogen-bond donors (Lipinski definition) is 1. The molecular weight excluding hydrogens is 192 g/mol. The van der Waals surface area contributed by atoms with Gasteiger partial charge in [0.15, 0.2) is 0 Å². The number of ether oxygens (including phenoxy) is 2. The summed E-state index contributed by atoms with van der Waals surface area (Å²) in [7, 11) is 4.61. The highest BCUT2D eigenvalue weighted by Crippen LogP contribution is 2.34. The smallest absolute Gasteiger partial charge is 0.136 e. The first-order valence-corrected chi connectivity index (χ1v) is 5.22. The lowest BCUT2D eigenvalue weighted by atomic mass is 10.3. The van der Waals surface area contributed by atoms with Gasteiger partial charge in [-0.1, -0.05) is 10.8 Å². The van der Waals surface area contributed by atoms with Gasteiger partial charge in [0.2, 0.25) is 0 Å². The van der Waals surface area contributed by atoms with E-state index in [1.807, 2.05) is 18.2 Å². The molecule has 2 nitrogen and oxygen atoms in total. The fraction of sp³-hybridized carbons (Fsp3) is 0.250. The van der Waals surface area contributed by atoms with Crippen molar-refractivity contribution >= 4 is 22.5 Å². The molecule has 0 atom stereocenters. The molecule has 1 aromatic rings. The number of benzene rings is 1. The van der Waals surface area contributed by atoms with Gasteiger partial charge in [0.05, 0.1) is 19.1 Å². The van der Waals surface area contributed by atoms with E-state index in [1.165, 1.54) is 10.8 Å². The maximum absolute atomic E-state index is 5.13. The summed E-state index contributed by atoms with van der Waals surface area (Å²) in [5.41, 5.74) is 0. The molecule has 0 bridgehead atoms. The van der Waals surface area contributed by atoms with E-state index in [9.17, 15) is 0 Å². The molecule has 0 aromatic heterocycles. The molecule has 66 valence electrons. The normalized spacial score (nSPS) is 9.58. The molecule has 0 spiro atoms. The molecule has 0 N–H and O–H groups in total. The monoisotopic (exact) mass is 202 g/mol. The van der Waals surface area contributed by atoms with Crippen molar-refractivity contribution in [2.24, 2.45) is 0 Å². The first kappa shape index (κ1) is 9.61. The summed E-state index contributed by atoms with van der Waals surface area (Å²) in [6.07, 6.45) is 0. The first-order valence-electron chi connectivity index (χ1n) is 3.35. The van der Waals surface area contributed by atoms with E-state index < -0.39 is 0 Å². The lowest BCUT2D eigenvalue weighted by Gasteiger charge is -2.06. The highest BCUT2D eigenvalue weighted by Gasteiger charge is 2.02. The van der Waals surface area contributed by atoms with Crippen LogP contribution in [-0.4, -0.2) is 14.2 Å². The quantitative estimate of drug-likeness (QED) is 0.600. The van der Waals surface area contributed by atoms with E-state index in [0.717, 1.165) is 16.4 Å². The predicted octanol–water partition coefficient (Wildman–Crippen LogP) is 2.64. The second-order valence-electron chi connectivity index (χ2n) is 2.11. The minimum Gasteiger partial charge on any atom is -0.497 e. The zero-order valence-corrected chi connectivity index (χ0v) is 8.61. The molecule has 12 heavy (non-hydrogen) atoms. The van der Waals surface area contributed by atoms with Crippen LogP contribution in [0.4, 0.5) is 0 Å². The minimum absolute atomic E-state index is 0.786. The van der Waals surface area contributed by atoms with Gasteiger partial charge in [0, 0.05) is 6.07 Å². The predicted molar refractivity (Wildman–Crippen MR) is 54.4 cm³/mol. The van der Waals surface area contributed by atoms with Gasteiger partial charge >= 0.3 is 0 Å². The molecule has 0 aliphatic carbocycles. The van der Waals surface area contributed by atoms with Crippen LogP contribution in [0.3, 0.4) is 0 Å². The second-order valence-corrected chi connectivity index (χ2v) is 3.28. The molecule has 0 radical (unpaired) electrons. The summed E-state index contributed by atoms with van der Waals surface area (Å²) in [5.74, 6) is 1.58. The summed E-state index contributed by atoms with van der Waals surface area (Å²) >= 11 is 4.09. The van der Waals surface area contributed by atoms with Crippen LogP contribution in [0.5, 0.6) is 11.5 Å². The Morgan fingerprint density at radius 2 is 2.00 bits per heavy atom. The number of methoxy groups -OCH3 is 2. The minimum atomic E-state index is 0.786. The molecule has 0 fully saturated rings. The number of hydrogen-bond acceptors (Lipinski definition) is 4. The van der Waals surface area contributed by atoms with Crippen LogP contribution in [-0.2, 0) is 0 Å². The highest BCUT2D eigenvalue weighted by molar-refractivity contribution is 8.68.